The van der Waals surface area contributed by atoms with Crippen molar-refractivity contribution in [2.24, 2.45) is 0 Å². The van der Waals surface area contributed by atoms with Gasteiger partial charge >= 0.3 is 0 Å². The van der Waals surface area contributed by atoms with Crippen LogP contribution in [0.15, 0.2) is 36.4 Å². The number of aliphatic hydroxyl groups excluding tert-OH is 1. The summed E-state index contributed by atoms with van der Waals surface area (Å²) in [5.74, 6) is 0.738. The lowest BCUT2D eigenvalue weighted by Crippen LogP contribution is -2.03. The summed E-state index contributed by atoms with van der Waals surface area (Å²) in [7, 11) is 0. The Bertz CT molecular complexity index is 329. The number of rotatable bonds is 5. The highest BCUT2D eigenvalue weighted by atomic mass is 16.5. The van der Waals surface area contributed by atoms with E-state index in [1.54, 1.807) is 6.92 Å². The third-order valence-corrected chi connectivity index (χ3v) is 2.30. The van der Waals surface area contributed by atoms with E-state index in [0.717, 1.165) is 23.3 Å². The molecule has 0 saturated heterocycles. The topological polar surface area (TPSA) is 29.5 Å². The fourth-order valence-corrected chi connectivity index (χ4v) is 1.24. The van der Waals surface area contributed by atoms with Crippen molar-refractivity contribution in [3.8, 4) is 5.75 Å². The SMILES string of the molecule is C=C(CC)COc1ccccc1[C@@H](C)O. The van der Waals surface area contributed by atoms with Crippen LogP contribution in [0.4, 0.5) is 0 Å². The molecule has 82 valence electrons. The van der Waals surface area contributed by atoms with E-state index >= 15 is 0 Å². The smallest absolute Gasteiger partial charge is 0.125 e. The van der Waals surface area contributed by atoms with Crippen LogP contribution in [0.3, 0.4) is 0 Å². The minimum Gasteiger partial charge on any atom is -0.489 e. The van der Waals surface area contributed by atoms with Gasteiger partial charge in [-0.3, -0.25) is 0 Å². The molecule has 0 fully saturated rings. The van der Waals surface area contributed by atoms with Crippen molar-refractivity contribution in [2.45, 2.75) is 26.4 Å². The van der Waals surface area contributed by atoms with Crippen LogP contribution in [-0.2, 0) is 0 Å². The molecule has 0 bridgehead atoms. The molecule has 0 saturated carbocycles. The maximum absolute atomic E-state index is 9.52. The molecule has 1 aromatic carbocycles. The molecule has 2 nitrogen and oxygen atoms in total. The van der Waals surface area contributed by atoms with Gasteiger partial charge in [0, 0.05) is 5.56 Å². The zero-order chi connectivity index (χ0) is 11.3. The number of hydrogen-bond acceptors (Lipinski definition) is 2. The van der Waals surface area contributed by atoms with Gasteiger partial charge in [0.2, 0.25) is 0 Å². The first-order valence-corrected chi connectivity index (χ1v) is 5.21. The predicted octanol–water partition coefficient (Wildman–Crippen LogP) is 3.08. The van der Waals surface area contributed by atoms with Crippen molar-refractivity contribution < 1.29 is 9.84 Å². The second-order valence-corrected chi connectivity index (χ2v) is 3.61. The lowest BCUT2D eigenvalue weighted by atomic mass is 10.1. The van der Waals surface area contributed by atoms with Crippen LogP contribution >= 0.6 is 0 Å². The van der Waals surface area contributed by atoms with Crippen LogP contribution in [0, 0.1) is 0 Å². The zero-order valence-corrected chi connectivity index (χ0v) is 9.36. The Hall–Kier alpha value is -1.28. The average Bonchev–Trinajstić information content (AvgIpc) is 2.26. The fourth-order valence-electron chi connectivity index (χ4n) is 1.24. The van der Waals surface area contributed by atoms with Gasteiger partial charge in [-0.15, -0.1) is 0 Å². The van der Waals surface area contributed by atoms with Crippen molar-refractivity contribution in [2.75, 3.05) is 6.61 Å². The standard InChI is InChI=1S/C13H18O2/c1-4-10(2)9-15-13-8-6-5-7-12(13)11(3)14/h5-8,11,14H,2,4,9H2,1,3H3/t11-/m1/s1. The summed E-state index contributed by atoms with van der Waals surface area (Å²) in [4.78, 5) is 0. The van der Waals surface area contributed by atoms with Crippen LogP contribution in [0.1, 0.15) is 31.9 Å². The number of benzene rings is 1. The van der Waals surface area contributed by atoms with Gasteiger partial charge in [0.15, 0.2) is 0 Å². The van der Waals surface area contributed by atoms with Crippen molar-refractivity contribution in [3.05, 3.63) is 42.0 Å². The summed E-state index contributed by atoms with van der Waals surface area (Å²) < 4.78 is 5.59. The minimum absolute atomic E-state index is 0.504. The van der Waals surface area contributed by atoms with E-state index in [1.807, 2.05) is 31.2 Å². The lowest BCUT2D eigenvalue weighted by molar-refractivity contribution is 0.192. The second kappa shape index (κ2) is 5.56. The van der Waals surface area contributed by atoms with E-state index in [0.29, 0.717) is 6.61 Å². The van der Waals surface area contributed by atoms with E-state index in [2.05, 4.69) is 6.58 Å². The van der Waals surface area contributed by atoms with Gasteiger partial charge in [0.1, 0.15) is 12.4 Å². The molecule has 0 radical (unpaired) electrons. The van der Waals surface area contributed by atoms with Gasteiger partial charge in [0.05, 0.1) is 6.10 Å². The summed E-state index contributed by atoms with van der Waals surface area (Å²) in [6, 6.07) is 7.53. The maximum Gasteiger partial charge on any atom is 0.125 e. The molecule has 1 atom stereocenters. The van der Waals surface area contributed by atoms with Crippen LogP contribution in [-0.4, -0.2) is 11.7 Å². The molecule has 0 aromatic heterocycles. The summed E-state index contributed by atoms with van der Waals surface area (Å²) in [5.41, 5.74) is 1.87. The Morgan fingerprint density at radius 1 is 1.47 bits per heavy atom. The largest absolute Gasteiger partial charge is 0.489 e. The van der Waals surface area contributed by atoms with Crippen molar-refractivity contribution in [1.82, 2.24) is 0 Å². The molecule has 0 aliphatic heterocycles. The molecule has 15 heavy (non-hydrogen) atoms. The highest BCUT2D eigenvalue weighted by Crippen LogP contribution is 2.24. The summed E-state index contributed by atoms with van der Waals surface area (Å²) in [6.07, 6.45) is 0.410. The van der Waals surface area contributed by atoms with Crippen molar-refractivity contribution >= 4 is 0 Å². The lowest BCUT2D eigenvalue weighted by Gasteiger charge is -2.13. The van der Waals surface area contributed by atoms with E-state index in [9.17, 15) is 5.11 Å². The molecule has 1 aromatic rings. The number of aliphatic hydroxyl groups is 1. The van der Waals surface area contributed by atoms with Gasteiger partial charge in [-0.2, -0.15) is 0 Å². The van der Waals surface area contributed by atoms with Gasteiger partial charge < -0.3 is 9.84 Å². The van der Waals surface area contributed by atoms with E-state index in [-0.39, 0.29) is 0 Å². The Labute approximate surface area is 91.2 Å². The first kappa shape index (κ1) is 11.8. The van der Waals surface area contributed by atoms with Crippen molar-refractivity contribution in [3.63, 3.8) is 0 Å². The first-order valence-electron chi connectivity index (χ1n) is 5.21. The van der Waals surface area contributed by atoms with Crippen LogP contribution in [0.25, 0.3) is 0 Å². The Morgan fingerprint density at radius 2 is 2.13 bits per heavy atom. The Morgan fingerprint density at radius 3 is 2.73 bits per heavy atom. The molecule has 1 N–H and O–H groups in total. The fraction of sp³-hybridized carbons (Fsp3) is 0.385. The number of hydrogen-bond donors (Lipinski definition) is 1. The number of ether oxygens (including phenoxy) is 1. The molecular formula is C13H18O2. The normalized spacial score (nSPS) is 12.2. The zero-order valence-electron chi connectivity index (χ0n) is 9.36. The summed E-state index contributed by atoms with van der Waals surface area (Å²) >= 11 is 0. The molecule has 2 heteroatoms. The average molecular weight is 206 g/mol. The summed E-state index contributed by atoms with van der Waals surface area (Å²) in [6.45, 7) is 8.17. The molecule has 0 amide bonds. The highest BCUT2D eigenvalue weighted by Gasteiger charge is 2.07. The highest BCUT2D eigenvalue weighted by molar-refractivity contribution is 5.34. The molecule has 0 unspecified atom stereocenters. The molecular weight excluding hydrogens is 188 g/mol. The quantitative estimate of drug-likeness (QED) is 0.750. The Balaban J connectivity index is 2.71. The second-order valence-electron chi connectivity index (χ2n) is 3.61. The number of para-hydroxylation sites is 1. The van der Waals surface area contributed by atoms with Gasteiger partial charge in [-0.05, 0) is 25.0 Å². The summed E-state index contributed by atoms with van der Waals surface area (Å²) in [5, 5.41) is 9.52. The third kappa shape index (κ3) is 3.40. The maximum atomic E-state index is 9.52. The van der Waals surface area contributed by atoms with Crippen LogP contribution in [0.5, 0.6) is 5.75 Å². The van der Waals surface area contributed by atoms with E-state index in [4.69, 9.17) is 4.74 Å². The molecule has 0 spiro atoms. The van der Waals surface area contributed by atoms with Gasteiger partial charge in [0.25, 0.3) is 0 Å². The van der Waals surface area contributed by atoms with Gasteiger partial charge in [-0.25, -0.2) is 0 Å². The van der Waals surface area contributed by atoms with Crippen molar-refractivity contribution in [1.29, 1.82) is 0 Å². The van der Waals surface area contributed by atoms with E-state index in [1.165, 1.54) is 0 Å². The predicted molar refractivity (Wildman–Crippen MR) is 62.0 cm³/mol. The monoisotopic (exact) mass is 206 g/mol. The van der Waals surface area contributed by atoms with E-state index < -0.39 is 6.10 Å². The minimum atomic E-state index is -0.504. The van der Waals surface area contributed by atoms with Crippen LogP contribution < -0.4 is 4.74 Å². The molecule has 0 aliphatic rings. The first-order chi connectivity index (χ1) is 7.15. The van der Waals surface area contributed by atoms with Gasteiger partial charge in [-0.1, -0.05) is 31.7 Å². The molecule has 1 rings (SSSR count). The van der Waals surface area contributed by atoms with Crippen LogP contribution in [0.2, 0.25) is 0 Å². The Kier molecular flexibility index (Phi) is 4.37. The molecule has 0 aliphatic carbocycles. The third-order valence-electron chi connectivity index (χ3n) is 2.30. The molecule has 0 heterocycles.